The fourth-order valence-electron chi connectivity index (χ4n) is 1.68. The van der Waals surface area contributed by atoms with Crippen molar-refractivity contribution in [2.24, 2.45) is 5.10 Å². The fraction of sp³-hybridized carbons (Fsp3) is 0.176. The Balaban J connectivity index is 1.85. The molecule has 2 aromatic carbocycles. The molecule has 0 saturated heterocycles. The Morgan fingerprint density at radius 2 is 1.82 bits per heavy atom. The van der Waals surface area contributed by atoms with Gasteiger partial charge in [0.15, 0.2) is 6.10 Å². The zero-order valence-corrected chi connectivity index (χ0v) is 14.0. The Kier molecular flexibility index (Phi) is 5.72. The molecule has 5 heteroatoms. The third-order valence-corrected chi connectivity index (χ3v) is 3.49. The van der Waals surface area contributed by atoms with E-state index < -0.39 is 6.10 Å². The van der Waals surface area contributed by atoms with Crippen LogP contribution in [0.1, 0.15) is 18.1 Å². The molecule has 0 spiro atoms. The largest absolute Gasteiger partial charge is 0.481 e. The summed E-state index contributed by atoms with van der Waals surface area (Å²) in [7, 11) is 0. The number of hydrogen-bond acceptors (Lipinski definition) is 3. The van der Waals surface area contributed by atoms with E-state index in [1.54, 1.807) is 25.3 Å². The smallest absolute Gasteiger partial charge is 0.280 e. The molecule has 4 nitrogen and oxygen atoms in total. The second-order valence-corrected chi connectivity index (χ2v) is 5.77. The van der Waals surface area contributed by atoms with Gasteiger partial charge in [-0.25, -0.2) is 5.43 Å². The Morgan fingerprint density at radius 3 is 2.45 bits per heavy atom. The predicted molar refractivity (Wildman–Crippen MR) is 91.1 cm³/mol. The van der Waals surface area contributed by atoms with Gasteiger partial charge in [0.2, 0.25) is 0 Å². The van der Waals surface area contributed by atoms with Crippen LogP contribution in [-0.2, 0) is 4.79 Å². The van der Waals surface area contributed by atoms with E-state index in [4.69, 9.17) is 4.74 Å². The van der Waals surface area contributed by atoms with E-state index >= 15 is 0 Å². The van der Waals surface area contributed by atoms with E-state index in [0.29, 0.717) is 5.75 Å². The summed E-state index contributed by atoms with van der Waals surface area (Å²) in [5.41, 5.74) is 4.58. The summed E-state index contributed by atoms with van der Waals surface area (Å²) in [6.07, 6.45) is 0.972. The van der Waals surface area contributed by atoms with Crippen LogP contribution in [0.3, 0.4) is 0 Å². The quantitative estimate of drug-likeness (QED) is 0.653. The monoisotopic (exact) mass is 360 g/mol. The van der Waals surface area contributed by atoms with Crippen LogP contribution in [0.2, 0.25) is 0 Å². The van der Waals surface area contributed by atoms with Crippen molar-refractivity contribution in [2.75, 3.05) is 0 Å². The second-order valence-electron chi connectivity index (χ2n) is 4.86. The van der Waals surface area contributed by atoms with Gasteiger partial charge in [-0.15, -0.1) is 0 Å². The average molecular weight is 361 g/mol. The van der Waals surface area contributed by atoms with Gasteiger partial charge in [-0.1, -0.05) is 45.8 Å². The lowest BCUT2D eigenvalue weighted by Crippen LogP contribution is -2.33. The first-order chi connectivity index (χ1) is 10.5. The molecule has 0 heterocycles. The Hall–Kier alpha value is -2.14. The Morgan fingerprint density at radius 1 is 1.18 bits per heavy atom. The first-order valence-electron chi connectivity index (χ1n) is 6.86. The first kappa shape index (κ1) is 16.2. The van der Waals surface area contributed by atoms with Gasteiger partial charge in [0.1, 0.15) is 5.75 Å². The van der Waals surface area contributed by atoms with Gasteiger partial charge < -0.3 is 4.74 Å². The maximum Gasteiger partial charge on any atom is 0.280 e. The predicted octanol–water partition coefficient (Wildman–Crippen LogP) is 3.68. The van der Waals surface area contributed by atoms with Crippen LogP contribution < -0.4 is 10.2 Å². The standard InChI is InChI=1S/C17H17BrN2O2/c1-12-3-5-14(6-4-12)11-19-20-17(21)13(2)22-16-9-7-15(18)8-10-16/h3-11,13H,1-2H3,(H,20,21)/b19-11-/t13-/m1/s1. The third kappa shape index (κ3) is 5.00. The molecule has 1 N–H and O–H groups in total. The van der Waals surface area contributed by atoms with Crippen LogP contribution in [-0.4, -0.2) is 18.2 Å². The van der Waals surface area contributed by atoms with Gasteiger partial charge in [0.25, 0.3) is 5.91 Å². The van der Waals surface area contributed by atoms with E-state index in [0.717, 1.165) is 10.0 Å². The van der Waals surface area contributed by atoms with Gasteiger partial charge in [0.05, 0.1) is 6.21 Å². The number of rotatable bonds is 5. The van der Waals surface area contributed by atoms with Gasteiger partial charge in [-0.3, -0.25) is 4.79 Å². The molecule has 0 bridgehead atoms. The molecule has 0 aliphatic heterocycles. The van der Waals surface area contributed by atoms with Crippen LogP contribution in [0.5, 0.6) is 5.75 Å². The molecule has 114 valence electrons. The SMILES string of the molecule is Cc1ccc(/C=N\NC(=O)[C@@H](C)Oc2ccc(Br)cc2)cc1. The minimum absolute atomic E-state index is 0.300. The molecular weight excluding hydrogens is 344 g/mol. The highest BCUT2D eigenvalue weighted by molar-refractivity contribution is 9.10. The summed E-state index contributed by atoms with van der Waals surface area (Å²) < 4.78 is 6.50. The van der Waals surface area contributed by atoms with Crippen molar-refractivity contribution in [3.8, 4) is 5.75 Å². The second kappa shape index (κ2) is 7.75. The number of ether oxygens (including phenoxy) is 1. The number of benzene rings is 2. The number of hydrogen-bond donors (Lipinski definition) is 1. The fourth-order valence-corrected chi connectivity index (χ4v) is 1.95. The maximum atomic E-state index is 11.9. The van der Waals surface area contributed by atoms with Crippen molar-refractivity contribution < 1.29 is 9.53 Å². The van der Waals surface area contributed by atoms with E-state index in [9.17, 15) is 4.79 Å². The van der Waals surface area contributed by atoms with Gasteiger partial charge in [-0.05, 0) is 43.7 Å². The molecule has 0 aromatic heterocycles. The molecule has 0 fully saturated rings. The Labute approximate surface area is 138 Å². The molecule has 0 saturated carbocycles. The van der Waals surface area contributed by atoms with Crippen molar-refractivity contribution in [3.63, 3.8) is 0 Å². The highest BCUT2D eigenvalue weighted by Gasteiger charge is 2.13. The van der Waals surface area contributed by atoms with Crippen LogP contribution in [0.25, 0.3) is 0 Å². The van der Waals surface area contributed by atoms with Gasteiger partial charge in [-0.2, -0.15) is 5.10 Å². The molecular formula is C17H17BrN2O2. The molecule has 22 heavy (non-hydrogen) atoms. The molecule has 0 radical (unpaired) electrons. The summed E-state index contributed by atoms with van der Waals surface area (Å²) in [6, 6.07) is 15.2. The molecule has 2 rings (SSSR count). The zero-order chi connectivity index (χ0) is 15.9. The number of halogens is 1. The van der Waals surface area contributed by atoms with Crippen molar-refractivity contribution in [2.45, 2.75) is 20.0 Å². The molecule has 2 aromatic rings. The number of carbonyl (C=O) groups excluding carboxylic acids is 1. The van der Waals surface area contributed by atoms with E-state index in [2.05, 4.69) is 26.5 Å². The normalized spacial score (nSPS) is 12.1. The van der Waals surface area contributed by atoms with Crippen LogP contribution >= 0.6 is 15.9 Å². The zero-order valence-electron chi connectivity index (χ0n) is 12.4. The lowest BCUT2D eigenvalue weighted by Gasteiger charge is -2.12. The van der Waals surface area contributed by atoms with E-state index in [1.165, 1.54) is 5.56 Å². The van der Waals surface area contributed by atoms with Gasteiger partial charge in [0, 0.05) is 4.47 Å². The highest BCUT2D eigenvalue weighted by atomic mass is 79.9. The number of aryl methyl sites for hydroxylation is 1. The van der Waals surface area contributed by atoms with Crippen molar-refractivity contribution in [1.29, 1.82) is 0 Å². The average Bonchev–Trinajstić information content (AvgIpc) is 2.51. The number of nitrogens with zero attached hydrogens (tertiary/aromatic N) is 1. The highest BCUT2D eigenvalue weighted by Crippen LogP contribution is 2.17. The molecule has 0 aliphatic rings. The topological polar surface area (TPSA) is 50.7 Å². The van der Waals surface area contributed by atoms with E-state index in [-0.39, 0.29) is 5.91 Å². The summed E-state index contributed by atoms with van der Waals surface area (Å²) in [5, 5.41) is 3.94. The van der Waals surface area contributed by atoms with Crippen molar-refractivity contribution >= 4 is 28.1 Å². The third-order valence-electron chi connectivity index (χ3n) is 2.96. The number of carbonyl (C=O) groups is 1. The molecule has 1 amide bonds. The first-order valence-corrected chi connectivity index (χ1v) is 7.66. The lowest BCUT2D eigenvalue weighted by molar-refractivity contribution is -0.127. The van der Waals surface area contributed by atoms with Crippen LogP contribution in [0.15, 0.2) is 58.1 Å². The minimum atomic E-state index is -0.628. The molecule has 0 unspecified atom stereocenters. The van der Waals surface area contributed by atoms with Gasteiger partial charge >= 0.3 is 0 Å². The van der Waals surface area contributed by atoms with E-state index in [1.807, 2.05) is 43.3 Å². The van der Waals surface area contributed by atoms with Crippen LogP contribution in [0.4, 0.5) is 0 Å². The summed E-state index contributed by atoms with van der Waals surface area (Å²) >= 11 is 3.35. The summed E-state index contributed by atoms with van der Waals surface area (Å²) in [5.74, 6) is 0.333. The number of amides is 1. The van der Waals surface area contributed by atoms with Crippen LogP contribution in [0, 0.1) is 6.92 Å². The summed E-state index contributed by atoms with van der Waals surface area (Å²) in [6.45, 7) is 3.70. The Bertz CT molecular complexity index is 651. The molecule has 1 atom stereocenters. The number of hydrazone groups is 1. The lowest BCUT2D eigenvalue weighted by atomic mass is 10.2. The maximum absolute atomic E-state index is 11.9. The molecule has 0 aliphatic carbocycles. The van der Waals surface area contributed by atoms with Crippen molar-refractivity contribution in [3.05, 3.63) is 64.1 Å². The summed E-state index contributed by atoms with van der Waals surface area (Å²) in [4.78, 5) is 11.9. The minimum Gasteiger partial charge on any atom is -0.481 e. The number of nitrogens with one attached hydrogen (secondary N) is 1. The van der Waals surface area contributed by atoms with Crippen molar-refractivity contribution in [1.82, 2.24) is 5.43 Å².